The second-order valence-electron chi connectivity index (χ2n) is 13.8. The number of fused-ring (bicyclic) bond motifs is 2. The molecule has 1 amide bonds. The lowest BCUT2D eigenvalue weighted by Gasteiger charge is -2.50. The zero-order valence-electron chi connectivity index (χ0n) is 27.3. The molecule has 4 N–H and O–H groups in total. The number of nitrogens with zero attached hydrogens (tertiary/aromatic N) is 1. The number of amides is 1. The summed E-state index contributed by atoms with van der Waals surface area (Å²) in [5, 5.41) is 13.3. The number of benzene rings is 4. The molecule has 4 aromatic carbocycles. The van der Waals surface area contributed by atoms with Gasteiger partial charge < -0.3 is 25.6 Å². The van der Waals surface area contributed by atoms with Crippen LogP contribution in [0.15, 0.2) is 97.1 Å². The smallest absolute Gasteiger partial charge is 0.136 e. The molecule has 0 unspecified atom stereocenters. The third-order valence-electron chi connectivity index (χ3n) is 11.6. The van der Waals surface area contributed by atoms with Gasteiger partial charge >= 0.3 is 0 Å². The number of carbonyl (C=O) groups excluding carboxylic acids is 1. The van der Waals surface area contributed by atoms with Crippen molar-refractivity contribution in [3.8, 4) is 0 Å². The van der Waals surface area contributed by atoms with E-state index in [0.717, 1.165) is 19.3 Å². The topological polar surface area (TPSA) is 91.5 Å². The van der Waals surface area contributed by atoms with E-state index in [1.807, 2.05) is 0 Å². The van der Waals surface area contributed by atoms with E-state index in [2.05, 4.69) is 109 Å². The Labute approximate surface area is 274 Å². The van der Waals surface area contributed by atoms with E-state index in [1.165, 1.54) is 65.8 Å². The maximum Gasteiger partial charge on any atom is 0.136 e. The van der Waals surface area contributed by atoms with Gasteiger partial charge in [0.1, 0.15) is 6.09 Å². The van der Waals surface area contributed by atoms with Crippen LogP contribution in [0.4, 0.5) is 4.79 Å². The van der Waals surface area contributed by atoms with Crippen LogP contribution in [0.25, 0.3) is 0 Å². The van der Waals surface area contributed by atoms with Gasteiger partial charge in [-0.3, -0.25) is 0 Å². The largest absolute Gasteiger partial charge is 0.530 e. The lowest BCUT2D eigenvalue weighted by Crippen LogP contribution is -2.79. The first-order chi connectivity index (χ1) is 22.0. The number of carboxylic acid groups (broad SMARTS) is 1. The number of carbonyl (C=O) groups is 1. The first kappa shape index (κ1) is 32.0. The predicted molar refractivity (Wildman–Crippen MR) is 182 cm³/mol. The summed E-state index contributed by atoms with van der Waals surface area (Å²) in [4.78, 5) is 12.2. The van der Waals surface area contributed by atoms with Crippen molar-refractivity contribution < 1.29 is 20.7 Å². The van der Waals surface area contributed by atoms with Crippen molar-refractivity contribution >= 4 is 6.09 Å². The number of nitrogens with two attached hydrogens (primary N) is 1. The normalized spacial score (nSPS) is 23.9. The van der Waals surface area contributed by atoms with Gasteiger partial charge in [0, 0.05) is 36.3 Å². The fraction of sp³-hybridized carbons (Fsp3) is 0.390. The van der Waals surface area contributed by atoms with Crippen molar-refractivity contribution in [2.24, 2.45) is 0 Å². The van der Waals surface area contributed by atoms with Crippen LogP contribution in [0.1, 0.15) is 108 Å². The van der Waals surface area contributed by atoms with Crippen molar-refractivity contribution in [3.63, 3.8) is 0 Å². The number of quaternary nitrogens is 1. The molecular weight excluding hydrogens is 568 g/mol. The maximum absolute atomic E-state index is 11.0. The van der Waals surface area contributed by atoms with E-state index in [-0.39, 0.29) is 16.3 Å². The summed E-state index contributed by atoms with van der Waals surface area (Å²) in [5.74, 6) is 1.15. The van der Waals surface area contributed by atoms with Gasteiger partial charge in [0.2, 0.25) is 0 Å². The molecule has 10 rings (SSSR count). The van der Waals surface area contributed by atoms with Crippen LogP contribution >= 0.6 is 0 Å². The van der Waals surface area contributed by atoms with Crippen molar-refractivity contribution in [1.82, 2.24) is 4.90 Å². The maximum atomic E-state index is 11.0. The lowest BCUT2D eigenvalue weighted by molar-refractivity contribution is -0.627. The average Bonchev–Trinajstić information content (AvgIpc) is 3.09. The number of hydrogen-bond acceptors (Lipinski definition) is 2. The summed E-state index contributed by atoms with van der Waals surface area (Å²) in [7, 11) is 3.77. The second-order valence-corrected chi connectivity index (χ2v) is 13.8. The van der Waals surface area contributed by atoms with Crippen LogP contribution in [-0.4, -0.2) is 43.7 Å². The van der Waals surface area contributed by atoms with Gasteiger partial charge in [0.05, 0.1) is 13.6 Å². The highest BCUT2D eigenvalue weighted by molar-refractivity contribution is 5.62. The first-order valence-corrected chi connectivity index (χ1v) is 17.1. The standard InChI is InChI=1S/C21H23NO2.C20H23N.H2O/c1-22(20(23)24)14-6-12-21-13-11-15(16-7-2-4-9-18(16)21)17-8-3-5-10-19(17)21;1-21-14-6-12-20-13-11-15(16-7-2-4-9-18(16)20)17-8-3-5-10-19(17)20;/h2-5,7-10,15H,6,11-14H2,1H3,(H,23,24);2-5,7-10,15,21H,6,11-14H2,1H3;1H2. The fourth-order valence-electron chi connectivity index (χ4n) is 9.62. The Morgan fingerprint density at radius 1 is 0.696 bits per heavy atom. The van der Waals surface area contributed by atoms with Gasteiger partial charge in [0.25, 0.3) is 0 Å². The van der Waals surface area contributed by atoms with Crippen LogP contribution in [0.5, 0.6) is 0 Å². The van der Waals surface area contributed by atoms with Gasteiger partial charge in [0.15, 0.2) is 0 Å². The number of rotatable bonds is 8. The molecule has 0 saturated carbocycles. The summed E-state index contributed by atoms with van der Waals surface area (Å²) < 4.78 is 0. The quantitative estimate of drug-likeness (QED) is 0.260. The minimum absolute atomic E-state index is 0. The second kappa shape index (κ2) is 13.1. The van der Waals surface area contributed by atoms with Crippen molar-refractivity contribution in [1.29, 1.82) is 0 Å². The molecule has 4 bridgehead atoms. The van der Waals surface area contributed by atoms with Crippen LogP contribution in [0.3, 0.4) is 0 Å². The molecule has 5 nitrogen and oxygen atoms in total. The molecule has 0 aromatic heterocycles. The van der Waals surface area contributed by atoms with E-state index >= 15 is 0 Å². The van der Waals surface area contributed by atoms with E-state index in [4.69, 9.17) is 0 Å². The highest BCUT2D eigenvalue weighted by atomic mass is 16.4. The molecule has 46 heavy (non-hydrogen) atoms. The SMILES string of the molecule is CN(CCCC12CCC(c3ccccc31)c1ccccc12)C(=O)[O-].C[NH2+]CCCC12CCC(c3ccccc31)c1ccccc12.O. The molecule has 0 fully saturated rings. The van der Waals surface area contributed by atoms with Crippen LogP contribution in [0, 0.1) is 0 Å². The third kappa shape index (κ3) is 5.14. The Bertz CT molecular complexity index is 1600. The summed E-state index contributed by atoms with van der Waals surface area (Å²) in [6, 6.07) is 36.1. The van der Waals surface area contributed by atoms with Crippen LogP contribution in [-0.2, 0) is 10.8 Å². The van der Waals surface area contributed by atoms with Gasteiger partial charge in [-0.2, -0.15) is 0 Å². The molecule has 0 heterocycles. The minimum Gasteiger partial charge on any atom is -0.530 e. The molecule has 0 spiro atoms. The molecular formula is C41H48N2O3. The van der Waals surface area contributed by atoms with E-state index in [0.29, 0.717) is 18.4 Å². The van der Waals surface area contributed by atoms with E-state index < -0.39 is 6.09 Å². The van der Waals surface area contributed by atoms with Crippen molar-refractivity contribution in [3.05, 3.63) is 142 Å². The molecule has 0 atom stereocenters. The molecule has 4 aromatic rings. The molecule has 6 aliphatic carbocycles. The van der Waals surface area contributed by atoms with Gasteiger partial charge in [-0.15, -0.1) is 0 Å². The molecule has 0 radical (unpaired) electrons. The molecule has 6 aliphatic rings. The molecule has 5 heteroatoms. The zero-order chi connectivity index (χ0) is 31.0. The molecule has 0 aliphatic heterocycles. The average molecular weight is 617 g/mol. The fourth-order valence-corrected chi connectivity index (χ4v) is 9.62. The Morgan fingerprint density at radius 2 is 1.07 bits per heavy atom. The minimum atomic E-state index is -1.10. The van der Waals surface area contributed by atoms with Crippen LogP contribution < -0.4 is 10.4 Å². The van der Waals surface area contributed by atoms with Gasteiger partial charge in [-0.1, -0.05) is 97.1 Å². The predicted octanol–water partition coefficient (Wildman–Crippen LogP) is 5.63. The summed E-state index contributed by atoms with van der Waals surface area (Å²) in [6.07, 6.45) is 8.30. The highest BCUT2D eigenvalue weighted by Crippen LogP contribution is 2.59. The summed E-state index contributed by atoms with van der Waals surface area (Å²) >= 11 is 0. The van der Waals surface area contributed by atoms with E-state index in [9.17, 15) is 9.90 Å². The third-order valence-corrected chi connectivity index (χ3v) is 11.6. The Hall–Kier alpha value is -3.93. The molecule has 240 valence electrons. The molecule has 0 saturated heterocycles. The van der Waals surface area contributed by atoms with Crippen molar-refractivity contribution in [2.45, 2.75) is 74.0 Å². The van der Waals surface area contributed by atoms with Gasteiger partial charge in [-0.25, -0.2) is 0 Å². The Balaban J connectivity index is 0.000000159. The Morgan fingerprint density at radius 3 is 1.43 bits per heavy atom. The number of hydrogen-bond donors (Lipinski definition) is 1. The zero-order valence-corrected chi connectivity index (χ0v) is 27.3. The first-order valence-electron chi connectivity index (χ1n) is 17.1. The van der Waals surface area contributed by atoms with Crippen molar-refractivity contribution in [2.75, 3.05) is 27.2 Å². The lowest BCUT2D eigenvalue weighted by atomic mass is 9.54. The van der Waals surface area contributed by atoms with Gasteiger partial charge in [-0.05, 0) is 95.9 Å². The monoisotopic (exact) mass is 616 g/mol. The summed E-state index contributed by atoms with van der Waals surface area (Å²) in [6.45, 7) is 1.76. The highest BCUT2D eigenvalue weighted by Gasteiger charge is 2.48. The summed E-state index contributed by atoms with van der Waals surface area (Å²) in [5.41, 5.74) is 12.6. The van der Waals surface area contributed by atoms with Crippen LogP contribution in [0.2, 0.25) is 0 Å². The van der Waals surface area contributed by atoms with E-state index in [1.54, 1.807) is 29.3 Å². The Kier molecular flexibility index (Phi) is 9.09.